The fourth-order valence-corrected chi connectivity index (χ4v) is 5.35. The van der Waals surface area contributed by atoms with Gasteiger partial charge in [-0.15, -0.1) is 0 Å². The third-order valence-electron chi connectivity index (χ3n) is 3.82. The van der Waals surface area contributed by atoms with E-state index in [1.807, 2.05) is 6.07 Å². The molecule has 4 rings (SSSR count). The minimum atomic E-state index is -0.220. The van der Waals surface area contributed by atoms with Gasteiger partial charge in [0.2, 0.25) is 0 Å². The molecule has 2 aromatic heterocycles. The zero-order valence-corrected chi connectivity index (χ0v) is 15.9. The number of aromatic nitrogens is 2. The van der Waals surface area contributed by atoms with Crippen molar-refractivity contribution in [1.82, 2.24) is 9.97 Å². The molecule has 116 valence electrons. The third kappa shape index (κ3) is 2.70. The number of benzene rings is 1. The normalized spacial score (nSPS) is 14.1. The molecule has 1 aromatic carbocycles. The van der Waals surface area contributed by atoms with Gasteiger partial charge in [-0.1, -0.05) is 27.3 Å². The van der Waals surface area contributed by atoms with Gasteiger partial charge in [-0.3, -0.25) is 4.79 Å². The van der Waals surface area contributed by atoms with Crippen LogP contribution in [0.2, 0.25) is 0 Å². The first kappa shape index (κ1) is 15.2. The van der Waals surface area contributed by atoms with Gasteiger partial charge in [0.15, 0.2) is 5.13 Å². The lowest BCUT2D eigenvalue weighted by molar-refractivity contribution is 0.761. The smallest absolute Gasteiger partial charge is 0.282 e. The maximum absolute atomic E-state index is 12.3. The molecule has 0 N–H and O–H groups in total. The molecule has 0 radical (unpaired) electrons. The van der Waals surface area contributed by atoms with Gasteiger partial charge >= 0.3 is 0 Å². The van der Waals surface area contributed by atoms with Crippen molar-refractivity contribution >= 4 is 64.2 Å². The number of hydrogen-bond acceptors (Lipinski definition) is 5. The lowest BCUT2D eigenvalue weighted by Crippen LogP contribution is -2.27. The van der Waals surface area contributed by atoms with Gasteiger partial charge in [-0.25, -0.2) is 4.98 Å². The van der Waals surface area contributed by atoms with Crippen LogP contribution in [0, 0.1) is 0 Å². The predicted octanol–water partition coefficient (Wildman–Crippen LogP) is 4.66. The molecule has 0 spiro atoms. The van der Waals surface area contributed by atoms with Crippen LogP contribution in [0.25, 0.3) is 10.2 Å². The van der Waals surface area contributed by atoms with Gasteiger partial charge in [0.25, 0.3) is 5.56 Å². The van der Waals surface area contributed by atoms with Crippen LogP contribution in [0.3, 0.4) is 0 Å². The van der Waals surface area contributed by atoms with Crippen molar-refractivity contribution in [2.75, 3.05) is 11.4 Å². The fraction of sp³-hybridized carbons (Fsp3) is 0.188. The Morgan fingerprint density at radius 1 is 1.26 bits per heavy atom. The van der Waals surface area contributed by atoms with E-state index in [1.165, 1.54) is 16.9 Å². The molecule has 0 amide bonds. The Labute approximate surface area is 153 Å². The van der Waals surface area contributed by atoms with Crippen molar-refractivity contribution in [2.24, 2.45) is 0 Å². The summed E-state index contributed by atoms with van der Waals surface area (Å²) < 4.78 is 2.05. The molecule has 7 heteroatoms. The molecule has 4 nitrogen and oxygen atoms in total. The number of halogens is 2. The third-order valence-corrected chi connectivity index (χ3v) is 5.90. The molecule has 3 heterocycles. The highest BCUT2D eigenvalue weighted by Crippen LogP contribution is 2.41. The largest absolute Gasteiger partial charge is 0.316 e. The van der Waals surface area contributed by atoms with Crippen molar-refractivity contribution in [3.63, 3.8) is 0 Å². The van der Waals surface area contributed by atoms with Gasteiger partial charge in [0.05, 0.1) is 11.1 Å². The molecule has 0 saturated heterocycles. The van der Waals surface area contributed by atoms with E-state index in [0.717, 1.165) is 38.8 Å². The Bertz CT molecular complexity index is 973. The van der Waals surface area contributed by atoms with E-state index < -0.39 is 0 Å². The molecular weight excluding hydrogens is 442 g/mol. The minimum absolute atomic E-state index is 0.220. The molecule has 23 heavy (non-hydrogen) atoms. The molecular formula is C16H11Br2N3OS. The van der Waals surface area contributed by atoms with E-state index in [2.05, 4.69) is 52.8 Å². The summed E-state index contributed by atoms with van der Waals surface area (Å²) in [5, 5.41) is 1.28. The van der Waals surface area contributed by atoms with E-state index in [1.54, 1.807) is 18.3 Å². The van der Waals surface area contributed by atoms with E-state index in [0.29, 0.717) is 10.5 Å². The van der Waals surface area contributed by atoms with Crippen molar-refractivity contribution in [1.29, 1.82) is 0 Å². The minimum Gasteiger partial charge on any atom is -0.316 e. The highest BCUT2D eigenvalue weighted by atomic mass is 79.9. The highest BCUT2D eigenvalue weighted by Gasteiger charge is 2.24. The average molecular weight is 453 g/mol. The Kier molecular flexibility index (Phi) is 3.95. The van der Waals surface area contributed by atoms with Gasteiger partial charge in [0, 0.05) is 21.7 Å². The van der Waals surface area contributed by atoms with E-state index >= 15 is 0 Å². The quantitative estimate of drug-likeness (QED) is 0.538. The van der Waals surface area contributed by atoms with Crippen LogP contribution in [0.5, 0.6) is 0 Å². The molecule has 0 saturated carbocycles. The molecule has 1 aliphatic heterocycles. The molecule has 0 unspecified atom stereocenters. The lowest BCUT2D eigenvalue weighted by atomic mass is 10.0. The van der Waals surface area contributed by atoms with E-state index in [9.17, 15) is 4.79 Å². The highest BCUT2D eigenvalue weighted by molar-refractivity contribution is 9.11. The number of anilines is 2. The SMILES string of the molecule is O=c1nc(N2CCCc3cc(Br)cc(Br)c32)sc2ncccc12. The Morgan fingerprint density at radius 2 is 2.13 bits per heavy atom. The van der Waals surface area contributed by atoms with Gasteiger partial charge < -0.3 is 4.90 Å². The summed E-state index contributed by atoms with van der Waals surface area (Å²) in [6.45, 7) is 0.842. The molecule has 0 bridgehead atoms. The summed E-state index contributed by atoms with van der Waals surface area (Å²) in [4.78, 5) is 23.8. The summed E-state index contributed by atoms with van der Waals surface area (Å²) in [7, 11) is 0. The Balaban J connectivity index is 1.92. The van der Waals surface area contributed by atoms with Crippen LogP contribution >= 0.6 is 43.2 Å². The number of rotatable bonds is 1. The van der Waals surface area contributed by atoms with Gasteiger partial charge in [-0.05, 0) is 58.6 Å². The van der Waals surface area contributed by atoms with E-state index in [-0.39, 0.29) is 5.56 Å². The summed E-state index contributed by atoms with van der Waals surface area (Å²) >= 11 is 8.65. The molecule has 1 aliphatic rings. The van der Waals surface area contributed by atoms with Crippen molar-refractivity contribution < 1.29 is 0 Å². The molecule has 0 fully saturated rings. The van der Waals surface area contributed by atoms with Crippen molar-refractivity contribution in [3.8, 4) is 0 Å². The van der Waals surface area contributed by atoms with Crippen LogP contribution < -0.4 is 10.5 Å². The zero-order valence-electron chi connectivity index (χ0n) is 11.9. The monoisotopic (exact) mass is 451 g/mol. The van der Waals surface area contributed by atoms with Crippen molar-refractivity contribution in [2.45, 2.75) is 12.8 Å². The first-order valence-corrected chi connectivity index (χ1v) is 9.55. The number of hydrogen-bond donors (Lipinski definition) is 0. The number of fused-ring (bicyclic) bond motifs is 2. The van der Waals surface area contributed by atoms with E-state index in [4.69, 9.17) is 0 Å². The maximum atomic E-state index is 12.3. The molecule has 3 aromatic rings. The van der Waals surface area contributed by atoms with Crippen LogP contribution in [0.1, 0.15) is 12.0 Å². The summed E-state index contributed by atoms with van der Waals surface area (Å²) in [5.74, 6) is 0. The number of aryl methyl sites for hydroxylation is 1. The standard InChI is InChI=1S/C16H11Br2N3OS/c17-10-7-9-3-2-6-21(13(9)12(18)8-10)16-20-14(22)11-4-1-5-19-15(11)23-16/h1,4-5,7-8H,2-3,6H2. The van der Waals surface area contributed by atoms with Crippen LogP contribution in [-0.4, -0.2) is 16.5 Å². The summed E-state index contributed by atoms with van der Waals surface area (Å²) in [6.07, 6.45) is 3.75. The van der Waals surface area contributed by atoms with Gasteiger partial charge in [-0.2, -0.15) is 4.98 Å². The fourth-order valence-electron chi connectivity index (χ4n) is 2.85. The lowest BCUT2D eigenvalue weighted by Gasteiger charge is -2.31. The molecule has 0 aliphatic carbocycles. The maximum Gasteiger partial charge on any atom is 0.282 e. The van der Waals surface area contributed by atoms with Gasteiger partial charge in [0.1, 0.15) is 4.83 Å². The zero-order chi connectivity index (χ0) is 16.0. The van der Waals surface area contributed by atoms with Crippen molar-refractivity contribution in [3.05, 3.63) is 55.3 Å². The number of nitrogens with zero attached hydrogens (tertiary/aromatic N) is 3. The number of pyridine rings is 1. The second-order valence-corrected chi connectivity index (χ2v) is 8.03. The first-order valence-electron chi connectivity index (χ1n) is 7.15. The summed E-state index contributed by atoms with van der Waals surface area (Å²) in [6, 6.07) is 7.70. The van der Waals surface area contributed by atoms with Crippen LogP contribution in [-0.2, 0) is 6.42 Å². The predicted molar refractivity (Wildman–Crippen MR) is 101 cm³/mol. The molecule has 0 atom stereocenters. The summed E-state index contributed by atoms with van der Waals surface area (Å²) in [5.41, 5.74) is 2.13. The first-order chi connectivity index (χ1) is 11.1. The Hall–Kier alpha value is -1.31. The Morgan fingerprint density at radius 3 is 3.00 bits per heavy atom. The second-order valence-electron chi connectivity index (χ2n) is 5.31. The van der Waals surface area contributed by atoms with Crippen LogP contribution in [0.4, 0.5) is 10.8 Å². The van der Waals surface area contributed by atoms with Crippen LogP contribution in [0.15, 0.2) is 44.2 Å². The average Bonchev–Trinajstić information content (AvgIpc) is 2.54. The topological polar surface area (TPSA) is 46.1 Å². The second kappa shape index (κ2) is 5.96.